The zero-order valence-corrected chi connectivity index (χ0v) is 12.4. The molecule has 0 aromatic carbocycles. The Hall–Kier alpha value is -2.44. The Bertz CT molecular complexity index is 563. The van der Waals surface area contributed by atoms with Crippen molar-refractivity contribution >= 4 is 11.9 Å². The summed E-state index contributed by atoms with van der Waals surface area (Å²) in [5.41, 5.74) is 6.72. The summed E-state index contributed by atoms with van der Waals surface area (Å²) < 4.78 is 5.41. The fourth-order valence-electron chi connectivity index (χ4n) is 1.72. The minimum atomic E-state index is 0.163. The fourth-order valence-corrected chi connectivity index (χ4v) is 1.72. The summed E-state index contributed by atoms with van der Waals surface area (Å²) >= 11 is 0. The van der Waals surface area contributed by atoms with Gasteiger partial charge in [0.1, 0.15) is 0 Å². The lowest BCUT2D eigenvalue weighted by Gasteiger charge is -2.17. The third kappa shape index (κ3) is 4.55. The van der Waals surface area contributed by atoms with E-state index in [0.717, 1.165) is 25.1 Å². The zero-order chi connectivity index (χ0) is 15.1. The van der Waals surface area contributed by atoms with Gasteiger partial charge in [-0.15, -0.1) is 0 Å². The van der Waals surface area contributed by atoms with E-state index >= 15 is 0 Å². The van der Waals surface area contributed by atoms with E-state index in [2.05, 4.69) is 19.9 Å². The van der Waals surface area contributed by atoms with E-state index in [1.165, 1.54) is 0 Å². The molecule has 2 N–H and O–H groups in total. The van der Waals surface area contributed by atoms with Crippen LogP contribution in [-0.4, -0.2) is 40.1 Å². The number of aromatic nitrogens is 4. The molecule has 2 rings (SSSR count). The quantitative estimate of drug-likeness (QED) is 0.821. The van der Waals surface area contributed by atoms with E-state index in [1.54, 1.807) is 6.20 Å². The number of anilines is 2. The van der Waals surface area contributed by atoms with Crippen LogP contribution in [0.5, 0.6) is 6.01 Å². The summed E-state index contributed by atoms with van der Waals surface area (Å²) in [4.78, 5) is 18.6. The van der Waals surface area contributed by atoms with Crippen LogP contribution in [0.4, 0.5) is 11.9 Å². The minimum Gasteiger partial charge on any atom is -0.463 e. The van der Waals surface area contributed by atoms with Crippen LogP contribution in [-0.2, 0) is 6.42 Å². The molecule has 2 aromatic rings. The van der Waals surface area contributed by atoms with Crippen molar-refractivity contribution in [1.29, 1.82) is 0 Å². The summed E-state index contributed by atoms with van der Waals surface area (Å²) in [7, 11) is 1.90. The normalized spacial score (nSPS) is 10.4. The Balaban J connectivity index is 2.01. The Labute approximate surface area is 124 Å². The van der Waals surface area contributed by atoms with Crippen molar-refractivity contribution in [3.05, 3.63) is 30.1 Å². The average molecular weight is 288 g/mol. The molecular weight excluding hydrogens is 268 g/mol. The summed E-state index contributed by atoms with van der Waals surface area (Å²) in [6.45, 7) is 3.30. The number of pyridine rings is 1. The highest BCUT2D eigenvalue weighted by Gasteiger charge is 2.10. The van der Waals surface area contributed by atoms with E-state index in [-0.39, 0.29) is 12.0 Å². The van der Waals surface area contributed by atoms with Crippen LogP contribution in [0.3, 0.4) is 0 Å². The van der Waals surface area contributed by atoms with Crippen molar-refractivity contribution < 1.29 is 4.74 Å². The van der Waals surface area contributed by atoms with Crippen molar-refractivity contribution in [3.8, 4) is 6.01 Å². The monoisotopic (exact) mass is 288 g/mol. The molecule has 0 spiro atoms. The van der Waals surface area contributed by atoms with Crippen LogP contribution in [0.25, 0.3) is 0 Å². The van der Waals surface area contributed by atoms with Crippen LogP contribution in [0.15, 0.2) is 24.4 Å². The molecule has 0 aliphatic carbocycles. The maximum absolute atomic E-state index is 5.69. The van der Waals surface area contributed by atoms with Crippen molar-refractivity contribution in [2.75, 3.05) is 30.8 Å². The van der Waals surface area contributed by atoms with E-state index in [9.17, 15) is 0 Å². The predicted molar refractivity (Wildman–Crippen MR) is 81.2 cm³/mol. The average Bonchev–Trinajstić information content (AvgIpc) is 2.51. The van der Waals surface area contributed by atoms with Gasteiger partial charge in [-0.05, 0) is 18.6 Å². The highest BCUT2D eigenvalue weighted by molar-refractivity contribution is 5.35. The number of nitrogens with two attached hydrogens (primary N) is 1. The SMILES string of the molecule is CCCOc1nc(N)nc(N(C)CCc2ccccn2)n1. The fraction of sp³-hybridized carbons (Fsp3) is 0.429. The van der Waals surface area contributed by atoms with E-state index < -0.39 is 0 Å². The number of nitrogen functional groups attached to an aromatic ring is 1. The van der Waals surface area contributed by atoms with Gasteiger partial charge in [-0.3, -0.25) is 4.98 Å². The third-order valence-corrected chi connectivity index (χ3v) is 2.83. The van der Waals surface area contributed by atoms with Gasteiger partial charge in [0.25, 0.3) is 0 Å². The first-order valence-corrected chi connectivity index (χ1v) is 6.94. The van der Waals surface area contributed by atoms with Crippen molar-refractivity contribution in [1.82, 2.24) is 19.9 Å². The first kappa shape index (κ1) is 15.0. The maximum atomic E-state index is 5.69. The van der Waals surface area contributed by atoms with Crippen LogP contribution in [0.1, 0.15) is 19.0 Å². The van der Waals surface area contributed by atoms with Crippen molar-refractivity contribution in [2.45, 2.75) is 19.8 Å². The molecule has 0 bridgehead atoms. The van der Waals surface area contributed by atoms with E-state index in [0.29, 0.717) is 12.6 Å². The Morgan fingerprint density at radius 3 is 2.81 bits per heavy atom. The van der Waals surface area contributed by atoms with E-state index in [4.69, 9.17) is 10.5 Å². The molecule has 0 atom stereocenters. The van der Waals surface area contributed by atoms with E-state index in [1.807, 2.05) is 37.1 Å². The van der Waals surface area contributed by atoms with Crippen LogP contribution < -0.4 is 15.4 Å². The smallest absolute Gasteiger partial charge is 0.323 e. The molecule has 0 unspecified atom stereocenters. The van der Waals surface area contributed by atoms with Gasteiger partial charge in [-0.1, -0.05) is 13.0 Å². The molecule has 0 saturated carbocycles. The second kappa shape index (κ2) is 7.37. The molecule has 0 amide bonds. The standard InChI is InChI=1S/C14H20N6O/c1-3-10-21-14-18-12(15)17-13(19-14)20(2)9-7-11-6-4-5-8-16-11/h4-6,8H,3,7,9-10H2,1-2H3,(H2,15,17,18,19). The second-order valence-corrected chi connectivity index (χ2v) is 4.62. The highest BCUT2D eigenvalue weighted by atomic mass is 16.5. The second-order valence-electron chi connectivity index (χ2n) is 4.62. The lowest BCUT2D eigenvalue weighted by Crippen LogP contribution is -2.24. The number of likely N-dealkylation sites (N-methyl/N-ethyl adjacent to an activating group) is 1. The number of nitrogens with zero attached hydrogens (tertiary/aromatic N) is 5. The topological polar surface area (TPSA) is 90.0 Å². The van der Waals surface area contributed by atoms with Gasteiger partial charge in [0.2, 0.25) is 11.9 Å². The summed E-state index contributed by atoms with van der Waals surface area (Å²) in [5, 5.41) is 0. The lowest BCUT2D eigenvalue weighted by atomic mass is 10.2. The van der Waals surface area contributed by atoms with Gasteiger partial charge in [-0.2, -0.15) is 15.0 Å². The van der Waals surface area contributed by atoms with Gasteiger partial charge in [0, 0.05) is 31.9 Å². The zero-order valence-electron chi connectivity index (χ0n) is 12.4. The molecule has 0 aliphatic rings. The van der Waals surface area contributed by atoms with Gasteiger partial charge >= 0.3 is 6.01 Å². The molecule has 0 saturated heterocycles. The number of hydrogen-bond acceptors (Lipinski definition) is 7. The number of rotatable bonds is 7. The Morgan fingerprint density at radius 1 is 1.24 bits per heavy atom. The lowest BCUT2D eigenvalue weighted by molar-refractivity contribution is 0.292. The van der Waals surface area contributed by atoms with Crippen molar-refractivity contribution in [2.24, 2.45) is 0 Å². The Morgan fingerprint density at radius 2 is 2.10 bits per heavy atom. The molecule has 0 radical (unpaired) electrons. The van der Waals surface area contributed by atoms with Crippen molar-refractivity contribution in [3.63, 3.8) is 0 Å². The van der Waals surface area contributed by atoms with Gasteiger partial charge in [-0.25, -0.2) is 0 Å². The number of hydrogen-bond donors (Lipinski definition) is 1. The third-order valence-electron chi connectivity index (χ3n) is 2.83. The first-order valence-electron chi connectivity index (χ1n) is 6.94. The van der Waals surface area contributed by atoms with Gasteiger partial charge in [0.05, 0.1) is 6.61 Å². The molecule has 2 heterocycles. The van der Waals surface area contributed by atoms with Gasteiger partial charge < -0.3 is 15.4 Å². The largest absolute Gasteiger partial charge is 0.463 e. The number of ether oxygens (including phenoxy) is 1. The summed E-state index contributed by atoms with van der Waals surface area (Å²) in [5.74, 6) is 0.667. The van der Waals surface area contributed by atoms with Crippen LogP contribution in [0, 0.1) is 0 Å². The van der Waals surface area contributed by atoms with Gasteiger partial charge in [0.15, 0.2) is 0 Å². The molecule has 0 fully saturated rings. The molecule has 112 valence electrons. The van der Waals surface area contributed by atoms with Crippen LogP contribution >= 0.6 is 0 Å². The molecule has 7 heteroatoms. The van der Waals surface area contributed by atoms with Crippen LogP contribution in [0.2, 0.25) is 0 Å². The maximum Gasteiger partial charge on any atom is 0.323 e. The molecule has 7 nitrogen and oxygen atoms in total. The first-order chi connectivity index (χ1) is 10.2. The summed E-state index contributed by atoms with van der Waals surface area (Å²) in [6.07, 6.45) is 3.47. The minimum absolute atomic E-state index is 0.163. The summed E-state index contributed by atoms with van der Waals surface area (Å²) in [6, 6.07) is 6.13. The Kier molecular flexibility index (Phi) is 5.25. The highest BCUT2D eigenvalue weighted by Crippen LogP contribution is 2.12. The molecule has 2 aromatic heterocycles. The predicted octanol–water partition coefficient (Wildman–Crippen LogP) is 1.32. The molecule has 0 aliphatic heterocycles. The molecular formula is C14H20N6O. The molecule has 21 heavy (non-hydrogen) atoms.